The second kappa shape index (κ2) is 7.64. The second-order valence-corrected chi connectivity index (χ2v) is 9.23. The molecule has 1 aliphatic heterocycles. The van der Waals surface area contributed by atoms with E-state index in [1.807, 2.05) is 47.8 Å². The molecule has 0 unspecified atom stereocenters. The SMILES string of the molecule is O=C(Cn1nnc(-c2cccs2)n1)N(Cc1ccccc1)[C@H]1C=CS(=O)(=O)C1. The van der Waals surface area contributed by atoms with Gasteiger partial charge >= 0.3 is 0 Å². The predicted molar refractivity (Wildman–Crippen MR) is 105 cm³/mol. The lowest BCUT2D eigenvalue weighted by Crippen LogP contribution is -2.42. The number of benzene rings is 1. The van der Waals surface area contributed by atoms with Crippen molar-refractivity contribution in [1.29, 1.82) is 0 Å². The molecular formula is C18H17N5O3S2. The highest BCUT2D eigenvalue weighted by Gasteiger charge is 2.30. The van der Waals surface area contributed by atoms with E-state index in [1.165, 1.54) is 21.5 Å². The highest BCUT2D eigenvalue weighted by molar-refractivity contribution is 7.94. The average Bonchev–Trinajstić information content (AvgIpc) is 3.41. The van der Waals surface area contributed by atoms with Crippen LogP contribution in [-0.2, 0) is 27.7 Å². The van der Waals surface area contributed by atoms with Crippen molar-refractivity contribution in [2.75, 3.05) is 5.75 Å². The van der Waals surface area contributed by atoms with Crippen molar-refractivity contribution in [1.82, 2.24) is 25.1 Å². The number of thiophene rings is 1. The van der Waals surface area contributed by atoms with Crippen LogP contribution >= 0.6 is 11.3 Å². The summed E-state index contributed by atoms with van der Waals surface area (Å²) in [4.78, 5) is 16.6. The maximum Gasteiger partial charge on any atom is 0.247 e. The number of carbonyl (C=O) groups excluding carboxylic acids is 1. The summed E-state index contributed by atoms with van der Waals surface area (Å²) in [7, 11) is -3.29. The summed E-state index contributed by atoms with van der Waals surface area (Å²) in [5, 5.41) is 15.3. The van der Waals surface area contributed by atoms with Gasteiger partial charge in [0.05, 0.1) is 16.7 Å². The summed E-state index contributed by atoms with van der Waals surface area (Å²) >= 11 is 1.49. The Morgan fingerprint density at radius 1 is 1.21 bits per heavy atom. The van der Waals surface area contributed by atoms with Crippen LogP contribution in [0.3, 0.4) is 0 Å². The van der Waals surface area contributed by atoms with Crippen molar-refractivity contribution in [3.63, 3.8) is 0 Å². The normalized spacial score (nSPS) is 17.6. The van der Waals surface area contributed by atoms with Gasteiger partial charge in [-0.1, -0.05) is 36.4 Å². The molecule has 0 fully saturated rings. The van der Waals surface area contributed by atoms with Crippen LogP contribution in [0.1, 0.15) is 5.56 Å². The Hall–Kier alpha value is -2.85. The number of nitrogens with zero attached hydrogens (tertiary/aromatic N) is 5. The van der Waals surface area contributed by atoms with Gasteiger partial charge in [-0.25, -0.2) is 8.42 Å². The molecule has 1 atom stereocenters. The highest BCUT2D eigenvalue weighted by Crippen LogP contribution is 2.20. The number of sulfone groups is 1. The lowest BCUT2D eigenvalue weighted by Gasteiger charge is -2.27. The van der Waals surface area contributed by atoms with E-state index >= 15 is 0 Å². The van der Waals surface area contributed by atoms with Gasteiger partial charge in [0.15, 0.2) is 9.84 Å². The van der Waals surface area contributed by atoms with Crippen molar-refractivity contribution in [2.24, 2.45) is 0 Å². The third-order valence-corrected chi connectivity index (χ3v) is 6.54. The first-order valence-electron chi connectivity index (χ1n) is 8.56. The molecule has 3 heterocycles. The van der Waals surface area contributed by atoms with E-state index in [0.29, 0.717) is 12.4 Å². The molecule has 28 heavy (non-hydrogen) atoms. The first-order chi connectivity index (χ1) is 13.5. The van der Waals surface area contributed by atoms with E-state index in [9.17, 15) is 13.2 Å². The summed E-state index contributed by atoms with van der Waals surface area (Å²) in [5.74, 6) is 0.0723. The molecule has 0 radical (unpaired) electrons. The average molecular weight is 416 g/mol. The van der Waals surface area contributed by atoms with Crippen LogP contribution in [0.4, 0.5) is 0 Å². The molecule has 8 nitrogen and oxygen atoms in total. The molecule has 1 aliphatic rings. The topological polar surface area (TPSA) is 98.1 Å². The van der Waals surface area contributed by atoms with Gasteiger partial charge in [0.25, 0.3) is 0 Å². The van der Waals surface area contributed by atoms with Crippen LogP contribution in [0.25, 0.3) is 10.7 Å². The number of rotatable bonds is 6. The number of aromatic nitrogens is 4. The molecule has 0 bridgehead atoms. The number of hydrogen-bond acceptors (Lipinski definition) is 7. The monoisotopic (exact) mass is 415 g/mol. The van der Waals surface area contributed by atoms with E-state index in [0.717, 1.165) is 10.4 Å². The van der Waals surface area contributed by atoms with E-state index in [1.54, 1.807) is 11.0 Å². The maximum absolute atomic E-state index is 13.0. The number of amides is 1. The molecule has 0 spiro atoms. The lowest BCUT2D eigenvalue weighted by molar-refractivity contribution is -0.134. The van der Waals surface area contributed by atoms with E-state index in [-0.39, 0.29) is 18.2 Å². The third kappa shape index (κ3) is 4.18. The van der Waals surface area contributed by atoms with Crippen molar-refractivity contribution in [2.45, 2.75) is 19.1 Å². The van der Waals surface area contributed by atoms with E-state index in [2.05, 4.69) is 15.4 Å². The maximum atomic E-state index is 13.0. The number of carbonyl (C=O) groups is 1. The van der Waals surface area contributed by atoms with Crippen LogP contribution in [0, 0.1) is 0 Å². The first kappa shape index (κ1) is 18.5. The molecule has 144 valence electrons. The van der Waals surface area contributed by atoms with Crippen LogP contribution < -0.4 is 0 Å². The fraction of sp³-hybridized carbons (Fsp3) is 0.222. The number of tetrazole rings is 1. The minimum atomic E-state index is -3.29. The van der Waals surface area contributed by atoms with Gasteiger partial charge in [-0.05, 0) is 28.3 Å². The molecule has 1 amide bonds. The standard InChI is InChI=1S/C18H17N5O3S2/c24-17(12-23-20-18(19-21-23)16-7-4-9-27-16)22(11-14-5-2-1-3-6-14)15-8-10-28(25,26)13-15/h1-10,15H,11-13H2/t15-/m0/s1. The summed E-state index contributed by atoms with van der Waals surface area (Å²) in [6, 6.07) is 12.7. The van der Waals surface area contributed by atoms with Gasteiger partial charge in [-0.15, -0.1) is 21.5 Å². The largest absolute Gasteiger partial charge is 0.329 e. The minimum absolute atomic E-state index is 0.114. The molecule has 0 aliphatic carbocycles. The van der Waals surface area contributed by atoms with Crippen molar-refractivity contribution in [3.8, 4) is 10.7 Å². The van der Waals surface area contributed by atoms with Crippen molar-refractivity contribution < 1.29 is 13.2 Å². The zero-order valence-electron chi connectivity index (χ0n) is 14.7. The molecule has 1 aromatic carbocycles. The Labute approximate surface area is 166 Å². The Morgan fingerprint density at radius 2 is 2.04 bits per heavy atom. The molecule has 4 rings (SSSR count). The molecule has 10 heteroatoms. The van der Waals surface area contributed by atoms with Gasteiger partial charge in [-0.3, -0.25) is 4.79 Å². The molecule has 0 saturated carbocycles. The molecule has 2 aromatic heterocycles. The first-order valence-corrected chi connectivity index (χ1v) is 11.2. The predicted octanol–water partition coefficient (Wildman–Crippen LogP) is 1.74. The van der Waals surface area contributed by atoms with Crippen LogP contribution in [0.5, 0.6) is 0 Å². The van der Waals surface area contributed by atoms with Gasteiger partial charge < -0.3 is 4.90 Å². The Bertz CT molecular complexity index is 1090. The third-order valence-electron chi connectivity index (χ3n) is 4.30. The fourth-order valence-corrected chi connectivity index (χ4v) is 4.90. The molecule has 3 aromatic rings. The lowest BCUT2D eigenvalue weighted by atomic mass is 10.1. The highest BCUT2D eigenvalue weighted by atomic mass is 32.2. The van der Waals surface area contributed by atoms with Crippen LogP contribution in [0.15, 0.2) is 59.3 Å². The van der Waals surface area contributed by atoms with Crippen LogP contribution in [-0.4, -0.2) is 51.2 Å². The van der Waals surface area contributed by atoms with E-state index in [4.69, 9.17) is 0 Å². The zero-order valence-corrected chi connectivity index (χ0v) is 16.4. The van der Waals surface area contributed by atoms with Crippen LogP contribution in [0.2, 0.25) is 0 Å². The Balaban J connectivity index is 1.54. The summed E-state index contributed by atoms with van der Waals surface area (Å²) in [5.41, 5.74) is 0.916. The van der Waals surface area contributed by atoms with Crippen molar-refractivity contribution >= 4 is 27.1 Å². The fourth-order valence-electron chi connectivity index (χ4n) is 2.95. The van der Waals surface area contributed by atoms with E-state index < -0.39 is 15.9 Å². The molecule has 0 saturated heterocycles. The van der Waals surface area contributed by atoms with Gasteiger partial charge in [0.1, 0.15) is 6.54 Å². The van der Waals surface area contributed by atoms with Crippen molar-refractivity contribution in [3.05, 3.63) is 64.9 Å². The van der Waals surface area contributed by atoms with Gasteiger partial charge in [0.2, 0.25) is 11.7 Å². The second-order valence-electron chi connectivity index (χ2n) is 6.35. The summed E-state index contributed by atoms with van der Waals surface area (Å²) < 4.78 is 23.7. The smallest absolute Gasteiger partial charge is 0.247 e. The summed E-state index contributed by atoms with van der Waals surface area (Å²) in [6.45, 7) is 0.187. The molecular weight excluding hydrogens is 398 g/mol. The Morgan fingerprint density at radius 3 is 2.71 bits per heavy atom. The van der Waals surface area contributed by atoms with Gasteiger partial charge in [0, 0.05) is 12.0 Å². The number of hydrogen-bond donors (Lipinski definition) is 0. The quantitative estimate of drug-likeness (QED) is 0.608. The Kier molecular flexibility index (Phi) is 5.05. The molecule has 0 N–H and O–H groups in total. The minimum Gasteiger partial charge on any atom is -0.329 e. The summed E-state index contributed by atoms with van der Waals surface area (Å²) in [6.07, 6.45) is 1.56. The zero-order chi connectivity index (χ0) is 19.6. The van der Waals surface area contributed by atoms with Gasteiger partial charge in [-0.2, -0.15) is 4.80 Å².